The van der Waals surface area contributed by atoms with Crippen molar-refractivity contribution < 1.29 is 4.92 Å². The predicted molar refractivity (Wildman–Crippen MR) is 79.9 cm³/mol. The van der Waals surface area contributed by atoms with E-state index in [9.17, 15) is 10.1 Å². The second-order valence-corrected chi connectivity index (χ2v) is 5.69. The van der Waals surface area contributed by atoms with E-state index in [2.05, 4.69) is 17.1 Å². The van der Waals surface area contributed by atoms with Gasteiger partial charge >= 0.3 is 0 Å². The Morgan fingerprint density at radius 1 is 1.55 bits per heavy atom. The average Bonchev–Trinajstić information content (AvgIpc) is 2.87. The first-order chi connectivity index (χ1) is 9.52. The van der Waals surface area contributed by atoms with Gasteiger partial charge in [-0.15, -0.1) is 0 Å². The summed E-state index contributed by atoms with van der Waals surface area (Å²) in [5.74, 6) is 0.683. The highest BCUT2D eigenvalue weighted by Crippen LogP contribution is 2.30. The molecule has 2 rings (SSSR count). The van der Waals surface area contributed by atoms with Crippen LogP contribution in [0.4, 0.5) is 5.69 Å². The Morgan fingerprint density at radius 2 is 2.30 bits per heavy atom. The fraction of sp³-hybridized carbons (Fsp3) is 0.600. The number of benzene rings is 1. The highest BCUT2D eigenvalue weighted by Gasteiger charge is 2.27. The first kappa shape index (κ1) is 14.9. The molecule has 0 aromatic heterocycles. The molecule has 2 atom stereocenters. The SMILES string of the molecule is CNCC1CCN(C(C)c2ccc(C)c([N+](=O)[O-])c2)C1. The number of nitrogens with one attached hydrogen (secondary N) is 1. The molecule has 1 aliphatic heterocycles. The third-order valence-electron chi connectivity index (χ3n) is 4.27. The van der Waals surface area contributed by atoms with E-state index in [1.54, 1.807) is 13.0 Å². The number of nitro groups is 1. The smallest absolute Gasteiger partial charge is 0.272 e. The van der Waals surface area contributed by atoms with Gasteiger partial charge in [0.1, 0.15) is 0 Å². The fourth-order valence-electron chi connectivity index (χ4n) is 2.96. The third-order valence-corrected chi connectivity index (χ3v) is 4.27. The van der Waals surface area contributed by atoms with Gasteiger partial charge in [0, 0.05) is 24.2 Å². The van der Waals surface area contributed by atoms with Crippen molar-refractivity contribution >= 4 is 5.69 Å². The largest absolute Gasteiger partial charge is 0.319 e. The molecule has 0 amide bonds. The molecule has 0 aliphatic carbocycles. The minimum atomic E-state index is -0.292. The van der Waals surface area contributed by atoms with Crippen LogP contribution in [0.2, 0.25) is 0 Å². The Labute approximate surface area is 120 Å². The van der Waals surface area contributed by atoms with E-state index in [1.165, 1.54) is 6.42 Å². The summed E-state index contributed by atoms with van der Waals surface area (Å²) in [6, 6.07) is 5.82. The van der Waals surface area contributed by atoms with Gasteiger partial charge in [-0.25, -0.2) is 0 Å². The minimum absolute atomic E-state index is 0.223. The van der Waals surface area contributed by atoms with Crippen molar-refractivity contribution in [1.29, 1.82) is 0 Å². The lowest BCUT2D eigenvalue weighted by Crippen LogP contribution is -2.27. The number of rotatable bonds is 5. The zero-order valence-electron chi connectivity index (χ0n) is 12.4. The lowest BCUT2D eigenvalue weighted by atomic mass is 10.0. The van der Waals surface area contributed by atoms with E-state index in [0.717, 1.165) is 30.8 Å². The first-order valence-corrected chi connectivity index (χ1v) is 7.16. The van der Waals surface area contributed by atoms with Crippen molar-refractivity contribution in [3.05, 3.63) is 39.4 Å². The molecule has 1 aliphatic rings. The van der Waals surface area contributed by atoms with Crippen molar-refractivity contribution in [2.45, 2.75) is 26.3 Å². The predicted octanol–water partition coefficient (Wildman–Crippen LogP) is 2.51. The molecule has 20 heavy (non-hydrogen) atoms. The Bertz CT molecular complexity index is 490. The maximum atomic E-state index is 11.0. The van der Waals surface area contributed by atoms with Crippen LogP contribution in [0.15, 0.2) is 18.2 Å². The molecule has 5 nitrogen and oxygen atoms in total. The van der Waals surface area contributed by atoms with Crippen molar-refractivity contribution in [3.8, 4) is 0 Å². The highest BCUT2D eigenvalue weighted by atomic mass is 16.6. The standard InChI is InChI=1S/C15H23N3O2/c1-11-4-5-14(8-15(11)18(19)20)12(2)17-7-6-13(10-17)9-16-3/h4-5,8,12-13,16H,6-7,9-10H2,1-3H3. The molecule has 5 heteroatoms. The monoisotopic (exact) mass is 277 g/mol. The Hall–Kier alpha value is -1.46. The molecule has 1 saturated heterocycles. The zero-order chi connectivity index (χ0) is 14.7. The summed E-state index contributed by atoms with van der Waals surface area (Å²) in [5, 5.41) is 14.3. The molecular formula is C15H23N3O2. The normalized spacial score (nSPS) is 21.1. The number of likely N-dealkylation sites (tertiary alicyclic amines) is 1. The van der Waals surface area contributed by atoms with Crippen LogP contribution in [0.5, 0.6) is 0 Å². The summed E-state index contributed by atoms with van der Waals surface area (Å²) in [4.78, 5) is 13.2. The lowest BCUT2D eigenvalue weighted by Gasteiger charge is -2.25. The molecule has 1 fully saturated rings. The zero-order valence-corrected chi connectivity index (χ0v) is 12.4. The molecule has 1 aromatic carbocycles. The van der Waals surface area contributed by atoms with Crippen LogP contribution in [-0.2, 0) is 0 Å². The van der Waals surface area contributed by atoms with Gasteiger partial charge in [0.15, 0.2) is 0 Å². The average molecular weight is 277 g/mol. The quantitative estimate of drug-likeness (QED) is 0.663. The van der Waals surface area contributed by atoms with Crippen LogP contribution < -0.4 is 5.32 Å². The molecule has 1 N–H and O–H groups in total. The summed E-state index contributed by atoms with van der Waals surface area (Å²) >= 11 is 0. The third kappa shape index (κ3) is 3.16. The number of nitro benzene ring substituents is 1. The molecule has 2 unspecified atom stereocenters. The van der Waals surface area contributed by atoms with Crippen molar-refractivity contribution in [2.24, 2.45) is 5.92 Å². The number of hydrogen-bond acceptors (Lipinski definition) is 4. The van der Waals surface area contributed by atoms with Crippen LogP contribution >= 0.6 is 0 Å². The van der Waals surface area contributed by atoms with Gasteiger partial charge in [-0.05, 0) is 51.9 Å². The van der Waals surface area contributed by atoms with E-state index in [-0.39, 0.29) is 16.7 Å². The summed E-state index contributed by atoms with van der Waals surface area (Å²) in [6.07, 6.45) is 1.19. The van der Waals surface area contributed by atoms with Crippen molar-refractivity contribution in [2.75, 3.05) is 26.7 Å². The Kier molecular flexibility index (Phi) is 4.73. The second kappa shape index (κ2) is 6.33. The molecule has 1 heterocycles. The van der Waals surface area contributed by atoms with Crippen LogP contribution in [0.25, 0.3) is 0 Å². The first-order valence-electron chi connectivity index (χ1n) is 7.16. The molecule has 1 aromatic rings. The minimum Gasteiger partial charge on any atom is -0.319 e. The van der Waals surface area contributed by atoms with Gasteiger partial charge in [-0.2, -0.15) is 0 Å². The van der Waals surface area contributed by atoms with Crippen LogP contribution in [0.3, 0.4) is 0 Å². The van der Waals surface area contributed by atoms with Crippen LogP contribution in [0, 0.1) is 23.0 Å². The van der Waals surface area contributed by atoms with Crippen LogP contribution in [-0.4, -0.2) is 36.5 Å². The lowest BCUT2D eigenvalue weighted by molar-refractivity contribution is -0.385. The molecule has 110 valence electrons. The number of hydrogen-bond donors (Lipinski definition) is 1. The summed E-state index contributed by atoms with van der Waals surface area (Å²) in [7, 11) is 1.98. The molecule has 0 saturated carbocycles. The number of nitrogens with zero attached hydrogens (tertiary/aromatic N) is 2. The van der Waals surface area contributed by atoms with E-state index >= 15 is 0 Å². The van der Waals surface area contributed by atoms with E-state index in [4.69, 9.17) is 0 Å². The van der Waals surface area contributed by atoms with Gasteiger partial charge in [0.25, 0.3) is 5.69 Å². The number of aryl methyl sites for hydroxylation is 1. The second-order valence-electron chi connectivity index (χ2n) is 5.69. The van der Waals surface area contributed by atoms with Gasteiger partial charge in [-0.1, -0.05) is 12.1 Å². The topological polar surface area (TPSA) is 58.4 Å². The molecule has 0 bridgehead atoms. The summed E-state index contributed by atoms with van der Waals surface area (Å²) in [6.45, 7) is 7.08. The van der Waals surface area contributed by atoms with Crippen LogP contribution in [0.1, 0.15) is 30.5 Å². The molecule has 0 radical (unpaired) electrons. The van der Waals surface area contributed by atoms with Gasteiger partial charge in [0.05, 0.1) is 4.92 Å². The molecule has 0 spiro atoms. The van der Waals surface area contributed by atoms with Gasteiger partial charge in [-0.3, -0.25) is 15.0 Å². The van der Waals surface area contributed by atoms with E-state index in [1.807, 2.05) is 19.2 Å². The maximum absolute atomic E-state index is 11.0. The maximum Gasteiger partial charge on any atom is 0.272 e. The molecular weight excluding hydrogens is 254 g/mol. The van der Waals surface area contributed by atoms with Gasteiger partial charge < -0.3 is 5.32 Å². The van der Waals surface area contributed by atoms with E-state index < -0.39 is 0 Å². The summed E-state index contributed by atoms with van der Waals surface area (Å²) in [5.41, 5.74) is 1.98. The van der Waals surface area contributed by atoms with Gasteiger partial charge in [0.2, 0.25) is 0 Å². The highest BCUT2D eigenvalue weighted by molar-refractivity contribution is 5.43. The van der Waals surface area contributed by atoms with Crippen molar-refractivity contribution in [1.82, 2.24) is 10.2 Å². The summed E-state index contributed by atoms with van der Waals surface area (Å²) < 4.78 is 0. The Balaban J connectivity index is 2.12. The fourth-order valence-corrected chi connectivity index (χ4v) is 2.96. The van der Waals surface area contributed by atoms with Crippen molar-refractivity contribution in [3.63, 3.8) is 0 Å². The Morgan fingerprint density at radius 3 is 2.95 bits per heavy atom. The van der Waals surface area contributed by atoms with E-state index in [0.29, 0.717) is 5.92 Å².